The van der Waals surface area contributed by atoms with E-state index in [1.165, 1.54) is 11.1 Å². The van der Waals surface area contributed by atoms with E-state index in [0.717, 1.165) is 16.6 Å². The highest BCUT2D eigenvalue weighted by molar-refractivity contribution is 5.98. The van der Waals surface area contributed by atoms with Crippen LogP contribution in [0.3, 0.4) is 0 Å². The first kappa shape index (κ1) is 17.6. The summed E-state index contributed by atoms with van der Waals surface area (Å²) in [5, 5.41) is 14.3. The molecule has 26 heavy (non-hydrogen) atoms. The average Bonchev–Trinajstić information content (AvgIpc) is 2.92. The molecule has 1 aromatic carbocycles. The van der Waals surface area contributed by atoms with E-state index in [4.69, 9.17) is 0 Å². The second-order valence-electron chi connectivity index (χ2n) is 6.16. The summed E-state index contributed by atoms with van der Waals surface area (Å²) in [5.41, 5.74) is 2.88. The molecule has 0 fully saturated rings. The van der Waals surface area contributed by atoms with Gasteiger partial charge in [0.05, 0.1) is 11.3 Å². The lowest BCUT2D eigenvalue weighted by Crippen LogP contribution is -2.37. The number of aryl methyl sites for hydroxylation is 2. The number of hydrogen-bond acceptors (Lipinski definition) is 4. The van der Waals surface area contributed by atoms with E-state index in [1.54, 1.807) is 17.8 Å². The number of rotatable bonds is 6. The van der Waals surface area contributed by atoms with E-state index in [-0.39, 0.29) is 12.5 Å². The molecule has 0 radical (unpaired) electrons. The summed E-state index contributed by atoms with van der Waals surface area (Å²) in [6, 6.07) is 11.4. The summed E-state index contributed by atoms with van der Waals surface area (Å²) in [6.07, 6.45) is 2.06. The van der Waals surface area contributed by atoms with Crippen LogP contribution < -0.4 is 0 Å². The first-order valence-electron chi connectivity index (χ1n) is 8.30. The first-order valence-corrected chi connectivity index (χ1v) is 8.30. The topological polar surface area (TPSA) is 88.3 Å². The fourth-order valence-electron chi connectivity index (χ4n) is 2.93. The Labute approximate surface area is 150 Å². The van der Waals surface area contributed by atoms with Crippen LogP contribution in [-0.4, -0.2) is 49.7 Å². The molecule has 0 bridgehead atoms. The van der Waals surface area contributed by atoms with E-state index >= 15 is 0 Å². The molecule has 0 saturated carbocycles. The van der Waals surface area contributed by atoms with Gasteiger partial charge < -0.3 is 10.0 Å². The van der Waals surface area contributed by atoms with Gasteiger partial charge in [0.2, 0.25) is 0 Å². The highest BCUT2D eigenvalue weighted by atomic mass is 16.4. The summed E-state index contributed by atoms with van der Waals surface area (Å²) in [4.78, 5) is 29.7. The molecule has 0 saturated heterocycles. The van der Waals surface area contributed by atoms with Crippen LogP contribution in [0.2, 0.25) is 0 Å². The molecular formula is C19H20N4O3. The Kier molecular flexibility index (Phi) is 4.97. The zero-order valence-corrected chi connectivity index (χ0v) is 14.7. The van der Waals surface area contributed by atoms with Crippen molar-refractivity contribution in [1.29, 1.82) is 0 Å². The largest absolute Gasteiger partial charge is 0.480 e. The lowest BCUT2D eigenvalue weighted by molar-refractivity contribution is -0.137. The van der Waals surface area contributed by atoms with Crippen LogP contribution in [0.5, 0.6) is 0 Å². The average molecular weight is 352 g/mol. The van der Waals surface area contributed by atoms with Gasteiger partial charge in [-0.3, -0.25) is 14.3 Å². The van der Waals surface area contributed by atoms with Crippen LogP contribution in [0.25, 0.3) is 11.0 Å². The van der Waals surface area contributed by atoms with Gasteiger partial charge in [0.15, 0.2) is 5.65 Å². The van der Waals surface area contributed by atoms with Crippen molar-refractivity contribution in [3.05, 3.63) is 59.4 Å². The van der Waals surface area contributed by atoms with Gasteiger partial charge in [0, 0.05) is 25.2 Å². The smallest absolute Gasteiger partial charge is 0.323 e. The predicted octanol–water partition coefficient (Wildman–Crippen LogP) is 2.05. The van der Waals surface area contributed by atoms with Gasteiger partial charge in [0.1, 0.15) is 6.54 Å². The molecule has 2 aromatic heterocycles. The third-order valence-corrected chi connectivity index (χ3v) is 4.24. The van der Waals surface area contributed by atoms with E-state index in [1.807, 2.05) is 37.3 Å². The number of carboxylic acids is 1. The van der Waals surface area contributed by atoms with Gasteiger partial charge in [-0.25, -0.2) is 4.98 Å². The van der Waals surface area contributed by atoms with Gasteiger partial charge >= 0.3 is 5.97 Å². The molecule has 0 atom stereocenters. The minimum absolute atomic E-state index is 0.319. The molecule has 3 rings (SSSR count). The lowest BCUT2D eigenvalue weighted by atomic mass is 10.1. The highest BCUT2D eigenvalue weighted by Crippen LogP contribution is 2.18. The number of carbonyl (C=O) groups is 2. The maximum atomic E-state index is 12.9. The predicted molar refractivity (Wildman–Crippen MR) is 96.9 cm³/mol. The minimum atomic E-state index is -1.04. The van der Waals surface area contributed by atoms with Gasteiger partial charge in [-0.2, -0.15) is 5.10 Å². The van der Waals surface area contributed by atoms with Gasteiger partial charge in [-0.1, -0.05) is 30.3 Å². The quantitative estimate of drug-likeness (QED) is 0.733. The van der Waals surface area contributed by atoms with Crippen molar-refractivity contribution in [3.8, 4) is 0 Å². The summed E-state index contributed by atoms with van der Waals surface area (Å²) in [5.74, 6) is -1.39. The van der Waals surface area contributed by atoms with Crippen LogP contribution in [-0.2, 0) is 18.3 Å². The Bertz CT molecular complexity index is 950. The Balaban J connectivity index is 1.84. The molecule has 2 heterocycles. The Morgan fingerprint density at radius 2 is 1.96 bits per heavy atom. The second-order valence-corrected chi connectivity index (χ2v) is 6.16. The van der Waals surface area contributed by atoms with E-state index in [9.17, 15) is 14.7 Å². The van der Waals surface area contributed by atoms with Gasteiger partial charge in [-0.15, -0.1) is 0 Å². The molecule has 7 nitrogen and oxygen atoms in total. The van der Waals surface area contributed by atoms with E-state index < -0.39 is 5.97 Å². The number of carboxylic acid groups (broad SMARTS) is 1. The molecule has 134 valence electrons. The number of carbonyl (C=O) groups excluding carboxylic acids is 1. The zero-order chi connectivity index (χ0) is 18.7. The molecule has 0 aliphatic rings. The SMILES string of the molecule is Cc1nn(C)c2ncc(C(=O)N(CCc3ccccc3)CC(=O)O)cc12. The maximum absolute atomic E-state index is 12.9. The van der Waals surface area contributed by atoms with Crippen molar-refractivity contribution in [3.63, 3.8) is 0 Å². The molecule has 0 unspecified atom stereocenters. The molecule has 7 heteroatoms. The summed E-state index contributed by atoms with van der Waals surface area (Å²) in [7, 11) is 1.79. The van der Waals surface area contributed by atoms with Crippen LogP contribution in [0.1, 0.15) is 21.6 Å². The fraction of sp³-hybridized carbons (Fsp3) is 0.263. The Morgan fingerprint density at radius 3 is 2.65 bits per heavy atom. The monoisotopic (exact) mass is 352 g/mol. The van der Waals surface area contributed by atoms with Crippen molar-refractivity contribution in [2.24, 2.45) is 7.05 Å². The van der Waals surface area contributed by atoms with Crippen LogP contribution in [0, 0.1) is 6.92 Å². The molecule has 0 aliphatic heterocycles. The lowest BCUT2D eigenvalue weighted by Gasteiger charge is -2.20. The van der Waals surface area contributed by atoms with Crippen molar-refractivity contribution < 1.29 is 14.7 Å². The van der Waals surface area contributed by atoms with Crippen molar-refractivity contribution in [2.45, 2.75) is 13.3 Å². The number of nitrogens with zero attached hydrogens (tertiary/aromatic N) is 4. The Hall–Kier alpha value is -3.22. The normalized spacial score (nSPS) is 10.8. The summed E-state index contributed by atoms with van der Waals surface area (Å²) in [6.45, 7) is 1.82. The number of pyridine rings is 1. The molecule has 1 N–H and O–H groups in total. The fourth-order valence-corrected chi connectivity index (χ4v) is 2.93. The molecule has 3 aromatic rings. The summed E-state index contributed by atoms with van der Waals surface area (Å²) < 4.78 is 1.66. The summed E-state index contributed by atoms with van der Waals surface area (Å²) >= 11 is 0. The molecule has 1 amide bonds. The molecule has 0 aliphatic carbocycles. The Morgan fingerprint density at radius 1 is 1.23 bits per heavy atom. The number of aliphatic carboxylic acids is 1. The number of hydrogen-bond donors (Lipinski definition) is 1. The second kappa shape index (κ2) is 7.35. The van der Waals surface area contributed by atoms with E-state index in [0.29, 0.717) is 24.2 Å². The number of aromatic nitrogens is 3. The number of benzene rings is 1. The van der Waals surface area contributed by atoms with Crippen molar-refractivity contribution >= 4 is 22.9 Å². The highest BCUT2D eigenvalue weighted by Gasteiger charge is 2.20. The van der Waals surface area contributed by atoms with E-state index in [2.05, 4.69) is 10.1 Å². The van der Waals surface area contributed by atoms with Crippen molar-refractivity contribution in [2.75, 3.05) is 13.1 Å². The van der Waals surface area contributed by atoms with Gasteiger partial charge in [0.25, 0.3) is 5.91 Å². The standard InChI is InChI=1S/C19H20N4O3/c1-13-16-10-15(11-20-18(16)22(2)21-13)19(26)23(12-17(24)25)9-8-14-6-4-3-5-7-14/h3-7,10-11H,8-9,12H2,1-2H3,(H,24,25). The van der Waals surface area contributed by atoms with Crippen LogP contribution >= 0.6 is 0 Å². The van der Waals surface area contributed by atoms with Crippen molar-refractivity contribution in [1.82, 2.24) is 19.7 Å². The number of amides is 1. The number of fused-ring (bicyclic) bond motifs is 1. The molecule has 0 spiro atoms. The first-order chi connectivity index (χ1) is 12.5. The zero-order valence-electron chi connectivity index (χ0n) is 14.7. The van der Waals surface area contributed by atoms with Gasteiger partial charge in [-0.05, 0) is 25.0 Å². The third-order valence-electron chi connectivity index (χ3n) is 4.24. The minimum Gasteiger partial charge on any atom is -0.480 e. The van der Waals surface area contributed by atoms with Crippen LogP contribution in [0.4, 0.5) is 0 Å². The maximum Gasteiger partial charge on any atom is 0.323 e. The molecular weight excluding hydrogens is 332 g/mol. The third kappa shape index (κ3) is 3.72. The van der Waals surface area contributed by atoms with Crippen LogP contribution in [0.15, 0.2) is 42.6 Å².